The first-order valence-electron chi connectivity index (χ1n) is 6.82. The molecule has 1 aromatic heterocycles. The van der Waals surface area contributed by atoms with Crippen LogP contribution in [0.4, 0.5) is 19.0 Å². The average Bonchev–Trinajstić information content (AvgIpc) is 2.37. The second-order valence-electron chi connectivity index (χ2n) is 4.94. The highest BCUT2D eigenvalue weighted by Crippen LogP contribution is 2.30. The third-order valence-electron chi connectivity index (χ3n) is 3.06. The Morgan fingerprint density at radius 2 is 1.95 bits per heavy atom. The summed E-state index contributed by atoms with van der Waals surface area (Å²) in [6.07, 6.45) is -2.15. The summed E-state index contributed by atoms with van der Waals surface area (Å²) >= 11 is 0. The molecule has 0 amide bonds. The van der Waals surface area contributed by atoms with Crippen molar-refractivity contribution < 1.29 is 13.2 Å². The van der Waals surface area contributed by atoms with Crippen LogP contribution in [0.5, 0.6) is 0 Å². The van der Waals surface area contributed by atoms with E-state index < -0.39 is 11.9 Å². The molecule has 0 spiro atoms. The molecule has 1 rings (SSSR count). The van der Waals surface area contributed by atoms with Crippen molar-refractivity contribution >= 4 is 5.82 Å². The number of alkyl halides is 3. The van der Waals surface area contributed by atoms with E-state index in [9.17, 15) is 13.2 Å². The molecule has 0 unspecified atom stereocenters. The smallest absolute Gasteiger partial charge is 0.369 e. The number of nitrogens with zero attached hydrogens (tertiary/aromatic N) is 2. The summed E-state index contributed by atoms with van der Waals surface area (Å²) in [4.78, 5) is 5.80. The van der Waals surface area contributed by atoms with Gasteiger partial charge in [-0.1, -0.05) is 19.4 Å². The largest absolute Gasteiger partial charge is 0.433 e. The summed E-state index contributed by atoms with van der Waals surface area (Å²) in [5.41, 5.74) is -0.676. The molecule has 0 fully saturated rings. The van der Waals surface area contributed by atoms with Crippen LogP contribution in [0.25, 0.3) is 0 Å². The van der Waals surface area contributed by atoms with Crippen LogP contribution in [0, 0.1) is 6.92 Å². The van der Waals surface area contributed by atoms with Crippen LogP contribution in [0.1, 0.15) is 31.0 Å². The van der Waals surface area contributed by atoms with Gasteiger partial charge < -0.3 is 10.2 Å². The molecule has 0 aromatic carbocycles. The maximum absolute atomic E-state index is 12.7. The number of likely N-dealkylation sites (N-methyl/N-ethyl adjacent to an activating group) is 1. The van der Waals surface area contributed by atoms with E-state index in [0.29, 0.717) is 6.54 Å². The monoisotopic (exact) mass is 289 g/mol. The molecule has 0 saturated heterocycles. The molecule has 0 radical (unpaired) electrons. The van der Waals surface area contributed by atoms with Crippen molar-refractivity contribution in [1.29, 1.82) is 0 Å². The van der Waals surface area contributed by atoms with Crippen LogP contribution in [0.15, 0.2) is 12.1 Å². The van der Waals surface area contributed by atoms with Crippen LogP contribution in [0.3, 0.4) is 0 Å². The number of rotatable bonds is 7. The van der Waals surface area contributed by atoms with E-state index in [4.69, 9.17) is 0 Å². The van der Waals surface area contributed by atoms with Gasteiger partial charge in [0, 0.05) is 13.1 Å². The van der Waals surface area contributed by atoms with Crippen LogP contribution in [0.2, 0.25) is 0 Å². The summed E-state index contributed by atoms with van der Waals surface area (Å²) in [7, 11) is 2.00. The molecule has 1 aromatic rings. The zero-order chi connectivity index (χ0) is 15.2. The van der Waals surface area contributed by atoms with Crippen molar-refractivity contribution in [3.63, 3.8) is 0 Å². The Labute approximate surface area is 118 Å². The van der Waals surface area contributed by atoms with E-state index >= 15 is 0 Å². The van der Waals surface area contributed by atoms with Gasteiger partial charge in [-0.25, -0.2) is 4.98 Å². The van der Waals surface area contributed by atoms with Crippen molar-refractivity contribution in [2.45, 2.75) is 32.9 Å². The van der Waals surface area contributed by atoms with Crippen molar-refractivity contribution in [2.24, 2.45) is 0 Å². The van der Waals surface area contributed by atoms with Gasteiger partial charge in [0.15, 0.2) is 0 Å². The average molecular weight is 289 g/mol. The lowest BCUT2D eigenvalue weighted by Gasteiger charge is -2.17. The first-order valence-corrected chi connectivity index (χ1v) is 6.82. The fraction of sp³-hybridized carbons (Fsp3) is 0.643. The maximum atomic E-state index is 12.7. The number of unbranched alkanes of at least 4 members (excludes halogenated alkanes) is 1. The van der Waals surface area contributed by atoms with Gasteiger partial charge >= 0.3 is 6.18 Å². The summed E-state index contributed by atoms with van der Waals surface area (Å²) in [5, 5.41) is 2.94. The highest BCUT2D eigenvalue weighted by atomic mass is 19.4. The first kappa shape index (κ1) is 16.8. The standard InChI is InChI=1S/C14H22F3N3/c1-4-5-9-20(3)10-8-18-12-7-6-11(2)13(19-12)14(15,16)17/h6-7H,4-5,8-10H2,1-3H3,(H,18,19). The maximum Gasteiger partial charge on any atom is 0.433 e. The van der Waals surface area contributed by atoms with E-state index in [1.807, 2.05) is 7.05 Å². The molecule has 0 aliphatic carbocycles. The summed E-state index contributed by atoms with van der Waals surface area (Å²) in [5.74, 6) is 0.270. The fourth-order valence-corrected chi connectivity index (χ4v) is 1.83. The number of pyridine rings is 1. The zero-order valence-corrected chi connectivity index (χ0v) is 12.2. The van der Waals surface area contributed by atoms with Crippen LogP contribution < -0.4 is 5.32 Å². The molecule has 0 atom stereocenters. The molecule has 114 valence electrons. The normalized spacial score (nSPS) is 11.9. The second-order valence-corrected chi connectivity index (χ2v) is 4.94. The summed E-state index contributed by atoms with van der Waals surface area (Å²) in [6, 6.07) is 3.02. The van der Waals surface area contributed by atoms with Gasteiger partial charge in [0.05, 0.1) is 0 Å². The summed E-state index contributed by atoms with van der Waals surface area (Å²) < 4.78 is 38.2. The predicted octanol–water partition coefficient (Wildman–Crippen LogP) is 3.55. The van der Waals surface area contributed by atoms with E-state index in [2.05, 4.69) is 22.1 Å². The highest BCUT2D eigenvalue weighted by Gasteiger charge is 2.34. The number of hydrogen-bond acceptors (Lipinski definition) is 3. The Kier molecular flexibility index (Phi) is 6.26. The Balaban J connectivity index is 2.53. The Morgan fingerprint density at radius 1 is 1.25 bits per heavy atom. The molecule has 0 aliphatic rings. The number of anilines is 1. The van der Waals surface area contributed by atoms with Gasteiger partial charge in [-0.3, -0.25) is 0 Å². The minimum absolute atomic E-state index is 0.142. The number of halogens is 3. The van der Waals surface area contributed by atoms with Gasteiger partial charge in [-0.2, -0.15) is 13.2 Å². The van der Waals surface area contributed by atoms with Crippen LogP contribution in [-0.4, -0.2) is 36.6 Å². The molecule has 0 aliphatic heterocycles. The molecular formula is C14H22F3N3. The summed E-state index contributed by atoms with van der Waals surface area (Å²) in [6.45, 7) is 5.89. The van der Waals surface area contributed by atoms with Crippen molar-refractivity contribution in [3.8, 4) is 0 Å². The van der Waals surface area contributed by atoms with E-state index in [0.717, 1.165) is 25.9 Å². The lowest BCUT2D eigenvalue weighted by Crippen LogP contribution is -2.26. The molecule has 3 nitrogen and oxygen atoms in total. The van der Waals surface area contributed by atoms with Gasteiger partial charge in [-0.05, 0) is 38.6 Å². The predicted molar refractivity (Wildman–Crippen MR) is 74.9 cm³/mol. The Bertz CT molecular complexity index is 419. The first-order chi connectivity index (χ1) is 9.34. The van der Waals surface area contributed by atoms with E-state index in [1.54, 1.807) is 6.07 Å². The van der Waals surface area contributed by atoms with Crippen molar-refractivity contribution in [2.75, 3.05) is 32.0 Å². The molecule has 0 saturated carbocycles. The Morgan fingerprint density at radius 3 is 2.55 bits per heavy atom. The van der Waals surface area contributed by atoms with Crippen LogP contribution >= 0.6 is 0 Å². The topological polar surface area (TPSA) is 28.2 Å². The van der Waals surface area contributed by atoms with Gasteiger partial charge in [0.1, 0.15) is 11.5 Å². The van der Waals surface area contributed by atoms with E-state index in [-0.39, 0.29) is 11.4 Å². The lowest BCUT2D eigenvalue weighted by atomic mass is 10.2. The second kappa shape index (κ2) is 7.47. The molecule has 1 N–H and O–H groups in total. The number of aryl methyl sites for hydroxylation is 1. The van der Waals surface area contributed by atoms with Crippen LogP contribution in [-0.2, 0) is 6.18 Å². The SMILES string of the molecule is CCCCN(C)CCNc1ccc(C)c(C(F)(F)F)n1. The Hall–Kier alpha value is -1.30. The highest BCUT2D eigenvalue weighted by molar-refractivity contribution is 5.39. The third-order valence-corrected chi connectivity index (χ3v) is 3.06. The number of nitrogens with one attached hydrogen (secondary N) is 1. The molecule has 20 heavy (non-hydrogen) atoms. The molecule has 1 heterocycles. The molecular weight excluding hydrogens is 267 g/mol. The minimum atomic E-state index is -4.40. The zero-order valence-electron chi connectivity index (χ0n) is 12.2. The number of aromatic nitrogens is 1. The lowest BCUT2D eigenvalue weighted by molar-refractivity contribution is -0.141. The molecule has 0 bridgehead atoms. The fourth-order valence-electron chi connectivity index (χ4n) is 1.83. The minimum Gasteiger partial charge on any atom is -0.369 e. The molecule has 6 heteroatoms. The number of hydrogen-bond donors (Lipinski definition) is 1. The third kappa shape index (κ3) is 5.36. The van der Waals surface area contributed by atoms with Gasteiger partial charge in [0.25, 0.3) is 0 Å². The van der Waals surface area contributed by atoms with Gasteiger partial charge in [0.2, 0.25) is 0 Å². The van der Waals surface area contributed by atoms with Crippen molar-refractivity contribution in [1.82, 2.24) is 9.88 Å². The van der Waals surface area contributed by atoms with Gasteiger partial charge in [-0.15, -0.1) is 0 Å². The van der Waals surface area contributed by atoms with Crippen molar-refractivity contribution in [3.05, 3.63) is 23.4 Å². The van der Waals surface area contributed by atoms with E-state index in [1.165, 1.54) is 13.0 Å². The quantitative estimate of drug-likeness (QED) is 0.832.